The van der Waals surface area contributed by atoms with E-state index in [1.54, 1.807) is 0 Å². The van der Waals surface area contributed by atoms with Gasteiger partial charge in [0.05, 0.1) is 0 Å². The fourth-order valence-corrected chi connectivity index (χ4v) is 1.91. The summed E-state index contributed by atoms with van der Waals surface area (Å²) in [6.45, 7) is 7.13. The molecule has 0 amide bonds. The molecule has 0 aromatic carbocycles. The summed E-state index contributed by atoms with van der Waals surface area (Å²) in [6, 6.07) is 0.875. The molecule has 13 heavy (non-hydrogen) atoms. The molecule has 3 nitrogen and oxygen atoms in total. The van der Waals surface area contributed by atoms with Crippen molar-refractivity contribution in [1.29, 1.82) is 0 Å². The second kappa shape index (κ2) is 4.11. The predicted octanol–water partition coefficient (Wildman–Crippen LogP) is 0.387. The maximum Gasteiger partial charge on any atom is 0.0467 e. The molecule has 0 saturated carbocycles. The van der Waals surface area contributed by atoms with Crippen molar-refractivity contribution in [3.63, 3.8) is 0 Å². The Hall–Kier alpha value is -0.540. The van der Waals surface area contributed by atoms with Gasteiger partial charge in [0.25, 0.3) is 0 Å². The maximum atomic E-state index is 5.68. The molecule has 1 aliphatic rings. The van der Waals surface area contributed by atoms with Crippen LogP contribution in [0.2, 0.25) is 0 Å². The van der Waals surface area contributed by atoms with Gasteiger partial charge in [0.1, 0.15) is 0 Å². The highest BCUT2D eigenvalue weighted by Crippen LogP contribution is 2.22. The van der Waals surface area contributed by atoms with Crippen molar-refractivity contribution in [1.82, 2.24) is 10.2 Å². The summed E-state index contributed by atoms with van der Waals surface area (Å²) in [5, 5.41) is 3.51. The molecule has 0 bridgehead atoms. The van der Waals surface area contributed by atoms with Gasteiger partial charge in [-0.1, -0.05) is 13.5 Å². The topological polar surface area (TPSA) is 41.3 Å². The summed E-state index contributed by atoms with van der Waals surface area (Å²) < 4.78 is 0. The molecule has 1 saturated heterocycles. The first-order valence-corrected chi connectivity index (χ1v) is 4.85. The molecule has 76 valence electrons. The SMILES string of the molecule is C=C(N)C1CC(C)C(CN(C)C)N1. The zero-order valence-electron chi connectivity index (χ0n) is 8.88. The Morgan fingerprint density at radius 2 is 2.23 bits per heavy atom. The van der Waals surface area contributed by atoms with Crippen LogP contribution in [-0.2, 0) is 0 Å². The van der Waals surface area contributed by atoms with Crippen LogP contribution in [0, 0.1) is 5.92 Å². The van der Waals surface area contributed by atoms with E-state index in [1.807, 2.05) is 0 Å². The first kappa shape index (κ1) is 10.5. The van der Waals surface area contributed by atoms with Crippen LogP contribution < -0.4 is 11.1 Å². The summed E-state index contributed by atoms with van der Waals surface area (Å²) in [4.78, 5) is 2.20. The third-order valence-corrected chi connectivity index (χ3v) is 2.72. The average Bonchev–Trinajstić information content (AvgIpc) is 2.31. The van der Waals surface area contributed by atoms with E-state index in [0.717, 1.165) is 18.7 Å². The summed E-state index contributed by atoms with van der Waals surface area (Å²) >= 11 is 0. The summed E-state index contributed by atoms with van der Waals surface area (Å²) in [6.07, 6.45) is 1.12. The lowest BCUT2D eigenvalue weighted by Gasteiger charge is -2.20. The zero-order valence-corrected chi connectivity index (χ0v) is 8.88. The molecule has 3 unspecified atom stereocenters. The van der Waals surface area contributed by atoms with Gasteiger partial charge in [0, 0.05) is 24.3 Å². The zero-order chi connectivity index (χ0) is 10.0. The van der Waals surface area contributed by atoms with Gasteiger partial charge in [-0.05, 0) is 26.4 Å². The minimum absolute atomic E-state index is 0.319. The lowest BCUT2D eigenvalue weighted by Crippen LogP contribution is -2.40. The van der Waals surface area contributed by atoms with Gasteiger partial charge in [-0.15, -0.1) is 0 Å². The molecule has 1 heterocycles. The molecule has 1 fully saturated rings. The van der Waals surface area contributed by atoms with E-state index in [4.69, 9.17) is 5.73 Å². The average molecular weight is 183 g/mol. The number of nitrogens with zero attached hydrogens (tertiary/aromatic N) is 1. The molecule has 0 spiro atoms. The number of hydrogen-bond donors (Lipinski definition) is 2. The Bertz CT molecular complexity index is 189. The van der Waals surface area contributed by atoms with Crippen molar-refractivity contribution in [2.45, 2.75) is 25.4 Å². The normalized spacial score (nSPS) is 34.0. The lowest BCUT2D eigenvalue weighted by molar-refractivity contribution is 0.322. The van der Waals surface area contributed by atoms with Crippen molar-refractivity contribution in [2.24, 2.45) is 11.7 Å². The third kappa shape index (κ3) is 2.71. The van der Waals surface area contributed by atoms with Crippen LogP contribution in [-0.4, -0.2) is 37.6 Å². The van der Waals surface area contributed by atoms with Crippen molar-refractivity contribution in [2.75, 3.05) is 20.6 Å². The Balaban J connectivity index is 2.46. The summed E-state index contributed by atoms with van der Waals surface area (Å²) in [7, 11) is 4.19. The molecule has 0 radical (unpaired) electrons. The number of likely N-dealkylation sites (N-methyl/N-ethyl adjacent to an activating group) is 1. The molecule has 1 aliphatic heterocycles. The first-order valence-electron chi connectivity index (χ1n) is 4.85. The highest BCUT2D eigenvalue weighted by Gasteiger charge is 2.31. The minimum atomic E-state index is 0.319. The van der Waals surface area contributed by atoms with E-state index < -0.39 is 0 Å². The van der Waals surface area contributed by atoms with Gasteiger partial charge in [-0.2, -0.15) is 0 Å². The molecular weight excluding hydrogens is 162 g/mol. The Morgan fingerprint density at radius 3 is 2.62 bits per heavy atom. The summed E-state index contributed by atoms with van der Waals surface area (Å²) in [5.74, 6) is 0.688. The highest BCUT2D eigenvalue weighted by molar-refractivity contribution is 5.06. The quantitative estimate of drug-likeness (QED) is 0.665. The van der Waals surface area contributed by atoms with Gasteiger partial charge in [-0.3, -0.25) is 0 Å². The highest BCUT2D eigenvalue weighted by atomic mass is 15.1. The van der Waals surface area contributed by atoms with Crippen molar-refractivity contribution in [3.8, 4) is 0 Å². The second-order valence-electron chi connectivity index (χ2n) is 4.38. The van der Waals surface area contributed by atoms with Gasteiger partial charge in [0.15, 0.2) is 0 Å². The molecule has 0 aromatic heterocycles. The van der Waals surface area contributed by atoms with Gasteiger partial charge >= 0.3 is 0 Å². The van der Waals surface area contributed by atoms with Crippen molar-refractivity contribution in [3.05, 3.63) is 12.3 Å². The fraction of sp³-hybridized carbons (Fsp3) is 0.800. The third-order valence-electron chi connectivity index (χ3n) is 2.72. The van der Waals surface area contributed by atoms with Gasteiger partial charge in [0.2, 0.25) is 0 Å². The van der Waals surface area contributed by atoms with E-state index in [9.17, 15) is 0 Å². The molecule has 3 N–H and O–H groups in total. The van der Waals surface area contributed by atoms with Gasteiger partial charge in [-0.25, -0.2) is 0 Å². The smallest absolute Gasteiger partial charge is 0.0467 e. The molecular formula is C10H21N3. The predicted molar refractivity (Wildman–Crippen MR) is 56.4 cm³/mol. The van der Waals surface area contributed by atoms with E-state index in [2.05, 4.69) is 37.8 Å². The van der Waals surface area contributed by atoms with Gasteiger partial charge < -0.3 is 16.0 Å². The van der Waals surface area contributed by atoms with E-state index in [1.165, 1.54) is 0 Å². The Labute approximate surface area is 81.0 Å². The number of nitrogens with one attached hydrogen (secondary N) is 1. The Kier molecular flexibility index (Phi) is 3.33. The molecule has 0 aromatic rings. The molecule has 0 aliphatic carbocycles. The molecule has 3 atom stereocenters. The monoisotopic (exact) mass is 183 g/mol. The number of nitrogens with two attached hydrogens (primary N) is 1. The van der Waals surface area contributed by atoms with E-state index >= 15 is 0 Å². The molecule has 3 heteroatoms. The second-order valence-corrected chi connectivity index (χ2v) is 4.38. The van der Waals surface area contributed by atoms with Crippen LogP contribution >= 0.6 is 0 Å². The Morgan fingerprint density at radius 1 is 1.62 bits per heavy atom. The fourth-order valence-electron chi connectivity index (χ4n) is 1.91. The van der Waals surface area contributed by atoms with Crippen LogP contribution in [0.5, 0.6) is 0 Å². The minimum Gasteiger partial charge on any atom is -0.401 e. The van der Waals surface area contributed by atoms with E-state index in [-0.39, 0.29) is 0 Å². The van der Waals surface area contributed by atoms with Crippen LogP contribution in [0.25, 0.3) is 0 Å². The number of rotatable bonds is 3. The summed E-state index contributed by atoms with van der Waals surface area (Å²) in [5.41, 5.74) is 6.45. The number of hydrogen-bond acceptors (Lipinski definition) is 3. The van der Waals surface area contributed by atoms with Crippen LogP contribution in [0.15, 0.2) is 12.3 Å². The van der Waals surface area contributed by atoms with E-state index in [0.29, 0.717) is 18.0 Å². The molecule has 1 rings (SSSR count). The standard InChI is InChI=1S/C10H21N3/c1-7-5-9(8(2)11)12-10(7)6-13(3)4/h7,9-10,12H,2,5-6,11H2,1,3-4H3. The van der Waals surface area contributed by atoms with Crippen LogP contribution in [0.1, 0.15) is 13.3 Å². The van der Waals surface area contributed by atoms with Crippen molar-refractivity contribution < 1.29 is 0 Å². The largest absolute Gasteiger partial charge is 0.401 e. The van der Waals surface area contributed by atoms with Crippen LogP contribution in [0.4, 0.5) is 0 Å². The maximum absolute atomic E-state index is 5.68. The first-order chi connectivity index (χ1) is 6.00. The lowest BCUT2D eigenvalue weighted by atomic mass is 10.0. The van der Waals surface area contributed by atoms with Crippen LogP contribution in [0.3, 0.4) is 0 Å². The van der Waals surface area contributed by atoms with Crippen molar-refractivity contribution >= 4 is 0 Å².